The first-order valence-electron chi connectivity index (χ1n) is 5.78. The number of benzene rings is 1. The van der Waals surface area contributed by atoms with E-state index in [1.54, 1.807) is 6.07 Å². The zero-order chi connectivity index (χ0) is 13.2. The van der Waals surface area contributed by atoms with E-state index >= 15 is 0 Å². The Morgan fingerprint density at radius 1 is 1.56 bits per heavy atom. The third kappa shape index (κ3) is 2.55. The average molecular weight is 315 g/mol. The number of hydrogen-bond donors (Lipinski definition) is 1. The van der Waals surface area contributed by atoms with Gasteiger partial charge in [-0.15, -0.1) is 0 Å². The lowest BCUT2D eigenvalue weighted by Crippen LogP contribution is -2.33. The van der Waals surface area contributed by atoms with Crippen LogP contribution < -0.4 is 5.73 Å². The Kier molecular flexibility index (Phi) is 3.99. The fraction of sp³-hybridized carbons (Fsp3) is 0.500. The lowest BCUT2D eigenvalue weighted by Gasteiger charge is -2.25. The Bertz CT molecular complexity index is 459. The first-order valence-corrected chi connectivity index (χ1v) is 6.57. The first kappa shape index (κ1) is 13.5. The van der Waals surface area contributed by atoms with Gasteiger partial charge < -0.3 is 10.5 Å². The lowest BCUT2D eigenvalue weighted by atomic mass is 9.81. The van der Waals surface area contributed by atoms with Crippen molar-refractivity contribution >= 4 is 21.6 Å². The van der Waals surface area contributed by atoms with E-state index in [1.807, 2.05) is 6.07 Å². The van der Waals surface area contributed by atoms with Crippen LogP contribution in [0.4, 0.5) is 5.69 Å². The normalized spacial score (nSPS) is 23.2. The SMILES string of the molecule is NCC1(Cc2cccc([N+](=O)[O-])c2Br)CCOC1. The van der Waals surface area contributed by atoms with Gasteiger partial charge in [-0.25, -0.2) is 0 Å². The summed E-state index contributed by atoms with van der Waals surface area (Å²) >= 11 is 3.32. The van der Waals surface area contributed by atoms with Crippen LogP contribution in [0.3, 0.4) is 0 Å². The summed E-state index contributed by atoms with van der Waals surface area (Å²) in [5.74, 6) is 0. The van der Waals surface area contributed by atoms with Gasteiger partial charge in [0, 0.05) is 24.6 Å². The zero-order valence-electron chi connectivity index (χ0n) is 9.89. The Morgan fingerprint density at radius 3 is 2.89 bits per heavy atom. The van der Waals surface area contributed by atoms with Crippen LogP contribution in [0.5, 0.6) is 0 Å². The van der Waals surface area contributed by atoms with Crippen molar-refractivity contribution in [1.29, 1.82) is 0 Å². The molecule has 2 N–H and O–H groups in total. The molecule has 5 nitrogen and oxygen atoms in total. The molecule has 6 heteroatoms. The number of halogens is 1. The molecule has 18 heavy (non-hydrogen) atoms. The molecule has 1 unspecified atom stereocenters. The molecule has 0 aliphatic carbocycles. The van der Waals surface area contributed by atoms with E-state index in [9.17, 15) is 10.1 Å². The molecule has 2 rings (SSSR count). The van der Waals surface area contributed by atoms with Crippen LogP contribution in [0.25, 0.3) is 0 Å². The predicted molar refractivity (Wildman–Crippen MR) is 71.4 cm³/mol. The van der Waals surface area contributed by atoms with Gasteiger partial charge in [0.2, 0.25) is 0 Å². The second-order valence-corrected chi connectivity index (χ2v) is 5.48. The minimum Gasteiger partial charge on any atom is -0.381 e. The predicted octanol–water partition coefficient (Wildman–Crippen LogP) is 2.27. The number of nitro benzene ring substituents is 1. The lowest BCUT2D eigenvalue weighted by molar-refractivity contribution is -0.385. The van der Waals surface area contributed by atoms with Gasteiger partial charge in [0.25, 0.3) is 5.69 Å². The van der Waals surface area contributed by atoms with Crippen molar-refractivity contribution in [3.63, 3.8) is 0 Å². The standard InChI is InChI=1S/C12H15BrN2O3/c13-11-9(2-1-3-10(11)15(16)17)6-12(7-14)4-5-18-8-12/h1-3H,4-8,14H2. The van der Waals surface area contributed by atoms with Crippen LogP contribution in [-0.2, 0) is 11.2 Å². The van der Waals surface area contributed by atoms with E-state index in [-0.39, 0.29) is 16.0 Å². The molecule has 0 radical (unpaired) electrons. The molecule has 1 heterocycles. The fourth-order valence-electron chi connectivity index (χ4n) is 2.27. The quantitative estimate of drug-likeness (QED) is 0.683. The first-order chi connectivity index (χ1) is 8.58. The molecule has 0 aromatic heterocycles. The highest BCUT2D eigenvalue weighted by atomic mass is 79.9. The molecule has 1 fully saturated rings. The Morgan fingerprint density at radius 2 is 2.33 bits per heavy atom. The van der Waals surface area contributed by atoms with E-state index in [4.69, 9.17) is 10.5 Å². The van der Waals surface area contributed by atoms with Gasteiger partial charge in [0.05, 0.1) is 16.0 Å². The third-order valence-corrected chi connectivity index (χ3v) is 4.35. The minimum atomic E-state index is -0.381. The molecular formula is C12H15BrN2O3. The summed E-state index contributed by atoms with van der Waals surface area (Å²) in [6.45, 7) is 1.87. The van der Waals surface area contributed by atoms with Crippen LogP contribution >= 0.6 is 15.9 Å². The van der Waals surface area contributed by atoms with Crippen LogP contribution in [0.15, 0.2) is 22.7 Å². The van der Waals surface area contributed by atoms with E-state index in [1.165, 1.54) is 6.07 Å². The summed E-state index contributed by atoms with van der Waals surface area (Å²) in [5, 5.41) is 10.9. The molecule has 1 aromatic rings. The van der Waals surface area contributed by atoms with E-state index in [2.05, 4.69) is 15.9 Å². The zero-order valence-corrected chi connectivity index (χ0v) is 11.5. The van der Waals surface area contributed by atoms with Crippen LogP contribution in [-0.4, -0.2) is 24.7 Å². The highest BCUT2D eigenvalue weighted by Crippen LogP contribution is 2.36. The molecule has 1 saturated heterocycles. The van der Waals surface area contributed by atoms with Crippen molar-refractivity contribution in [1.82, 2.24) is 0 Å². The van der Waals surface area contributed by atoms with E-state index < -0.39 is 0 Å². The third-order valence-electron chi connectivity index (χ3n) is 3.44. The highest BCUT2D eigenvalue weighted by Gasteiger charge is 2.34. The number of nitrogens with zero attached hydrogens (tertiary/aromatic N) is 1. The molecule has 1 aliphatic rings. The Balaban J connectivity index is 2.29. The van der Waals surface area contributed by atoms with E-state index in [0.717, 1.165) is 12.0 Å². The Hall–Kier alpha value is -0.980. The molecule has 98 valence electrons. The van der Waals surface area contributed by atoms with Gasteiger partial charge in [-0.2, -0.15) is 0 Å². The maximum Gasteiger partial charge on any atom is 0.283 e. The van der Waals surface area contributed by atoms with Crippen molar-refractivity contribution in [2.45, 2.75) is 12.8 Å². The van der Waals surface area contributed by atoms with Crippen LogP contribution in [0.1, 0.15) is 12.0 Å². The minimum absolute atomic E-state index is 0.0856. The van der Waals surface area contributed by atoms with Crippen molar-refractivity contribution in [3.8, 4) is 0 Å². The number of nitrogens with two attached hydrogens (primary N) is 1. The molecular weight excluding hydrogens is 300 g/mol. The maximum absolute atomic E-state index is 10.9. The van der Waals surface area contributed by atoms with Gasteiger partial charge in [0.1, 0.15) is 0 Å². The van der Waals surface area contributed by atoms with Gasteiger partial charge in [0.15, 0.2) is 0 Å². The molecule has 0 bridgehead atoms. The van der Waals surface area contributed by atoms with Crippen molar-refractivity contribution in [2.75, 3.05) is 19.8 Å². The molecule has 1 atom stereocenters. The molecule has 0 spiro atoms. The van der Waals surface area contributed by atoms with Crippen LogP contribution in [0.2, 0.25) is 0 Å². The summed E-state index contributed by atoms with van der Waals surface area (Å²) in [6.07, 6.45) is 1.60. The average Bonchev–Trinajstić information content (AvgIpc) is 2.81. The fourth-order valence-corrected chi connectivity index (χ4v) is 2.82. The van der Waals surface area contributed by atoms with Gasteiger partial charge in [-0.3, -0.25) is 10.1 Å². The second-order valence-electron chi connectivity index (χ2n) is 4.69. The van der Waals surface area contributed by atoms with E-state index in [0.29, 0.717) is 30.7 Å². The van der Waals surface area contributed by atoms with Gasteiger partial charge in [-0.1, -0.05) is 12.1 Å². The largest absolute Gasteiger partial charge is 0.381 e. The molecule has 0 amide bonds. The summed E-state index contributed by atoms with van der Waals surface area (Å²) in [7, 11) is 0. The summed E-state index contributed by atoms with van der Waals surface area (Å²) in [6, 6.07) is 5.10. The van der Waals surface area contributed by atoms with Gasteiger partial charge in [-0.05, 0) is 34.3 Å². The number of ether oxygens (including phenoxy) is 1. The smallest absolute Gasteiger partial charge is 0.283 e. The number of rotatable bonds is 4. The maximum atomic E-state index is 10.9. The van der Waals surface area contributed by atoms with Crippen molar-refractivity contribution in [3.05, 3.63) is 38.3 Å². The number of hydrogen-bond acceptors (Lipinski definition) is 4. The molecule has 0 saturated carbocycles. The molecule has 1 aromatic carbocycles. The van der Waals surface area contributed by atoms with Gasteiger partial charge >= 0.3 is 0 Å². The summed E-state index contributed by atoms with van der Waals surface area (Å²) in [5.41, 5.74) is 6.76. The monoisotopic (exact) mass is 314 g/mol. The second kappa shape index (κ2) is 5.34. The molecule has 1 aliphatic heterocycles. The summed E-state index contributed by atoms with van der Waals surface area (Å²) < 4.78 is 5.96. The topological polar surface area (TPSA) is 78.4 Å². The Labute approximate surface area is 114 Å². The number of nitro groups is 1. The summed E-state index contributed by atoms with van der Waals surface area (Å²) in [4.78, 5) is 10.5. The highest BCUT2D eigenvalue weighted by molar-refractivity contribution is 9.10. The van der Waals surface area contributed by atoms with Crippen LogP contribution in [0, 0.1) is 15.5 Å². The van der Waals surface area contributed by atoms with Crippen molar-refractivity contribution in [2.24, 2.45) is 11.1 Å². The van der Waals surface area contributed by atoms with Crippen molar-refractivity contribution < 1.29 is 9.66 Å².